The topological polar surface area (TPSA) is 79.7 Å². The van der Waals surface area contributed by atoms with E-state index < -0.39 is 0 Å². The highest BCUT2D eigenvalue weighted by Crippen LogP contribution is 2.28. The van der Waals surface area contributed by atoms with Crippen LogP contribution in [0.5, 0.6) is 0 Å². The van der Waals surface area contributed by atoms with Gasteiger partial charge < -0.3 is 15.8 Å². The number of hydrogen-bond acceptors (Lipinski definition) is 4. The average molecular weight is 279 g/mol. The van der Waals surface area contributed by atoms with Crippen molar-refractivity contribution < 1.29 is 5.21 Å². The summed E-state index contributed by atoms with van der Waals surface area (Å²) >= 11 is 0. The van der Waals surface area contributed by atoms with Crippen molar-refractivity contribution in [2.24, 2.45) is 23.9 Å². The number of hydrogen-bond donors (Lipinski definition) is 2. The predicted octanol–water partition coefficient (Wildman–Crippen LogP) is 1.84. The highest BCUT2D eigenvalue weighted by molar-refractivity contribution is 6.02. The molecule has 3 N–H and O–H groups in total. The average Bonchev–Trinajstić information content (AvgIpc) is 2.73. The molecule has 0 aliphatic heterocycles. The summed E-state index contributed by atoms with van der Waals surface area (Å²) in [5.41, 5.74) is 7.32. The fraction of sp³-hybridized carbons (Fsp3) is 0.714. The molecule has 1 saturated carbocycles. The van der Waals surface area contributed by atoms with Crippen LogP contribution in [-0.2, 0) is 7.05 Å². The van der Waals surface area contributed by atoms with Gasteiger partial charge in [-0.2, -0.15) is 5.10 Å². The quantitative estimate of drug-likeness (QED) is 0.381. The van der Waals surface area contributed by atoms with Gasteiger partial charge in [-0.15, -0.1) is 0 Å². The molecule has 0 amide bonds. The van der Waals surface area contributed by atoms with E-state index in [1.54, 1.807) is 0 Å². The molecule has 0 spiro atoms. The molecule has 1 heterocycles. The molecule has 20 heavy (non-hydrogen) atoms. The van der Waals surface area contributed by atoms with Crippen molar-refractivity contribution in [3.63, 3.8) is 0 Å². The van der Waals surface area contributed by atoms with E-state index in [-0.39, 0.29) is 5.84 Å². The summed E-state index contributed by atoms with van der Waals surface area (Å²) in [6.45, 7) is 2.87. The smallest absolute Gasteiger partial charge is 0.175 e. The third kappa shape index (κ3) is 2.89. The fourth-order valence-electron chi connectivity index (χ4n) is 3.28. The molecule has 1 aromatic heterocycles. The Labute approximate surface area is 120 Å². The number of amidine groups is 1. The molecule has 6 heteroatoms. The molecule has 1 fully saturated rings. The van der Waals surface area contributed by atoms with Crippen LogP contribution in [0.25, 0.3) is 0 Å². The number of aryl methyl sites for hydroxylation is 2. The van der Waals surface area contributed by atoms with E-state index in [0.29, 0.717) is 0 Å². The second-order valence-electron chi connectivity index (χ2n) is 5.78. The Kier molecular flexibility index (Phi) is 4.52. The van der Waals surface area contributed by atoms with Crippen LogP contribution in [0, 0.1) is 12.8 Å². The molecule has 1 aromatic rings. The summed E-state index contributed by atoms with van der Waals surface area (Å²) < 4.78 is 1.81. The van der Waals surface area contributed by atoms with E-state index in [2.05, 4.69) is 22.2 Å². The Balaban J connectivity index is 2.22. The van der Waals surface area contributed by atoms with Gasteiger partial charge in [0.15, 0.2) is 5.84 Å². The molecule has 0 unspecified atom stereocenters. The van der Waals surface area contributed by atoms with Gasteiger partial charge in [0.05, 0.1) is 11.3 Å². The van der Waals surface area contributed by atoms with Crippen LogP contribution in [0.3, 0.4) is 0 Å². The first-order valence-corrected chi connectivity index (χ1v) is 7.27. The first kappa shape index (κ1) is 14.7. The van der Waals surface area contributed by atoms with Crippen LogP contribution in [0.2, 0.25) is 0 Å². The Bertz CT molecular complexity index is 488. The van der Waals surface area contributed by atoms with Crippen molar-refractivity contribution in [1.29, 1.82) is 0 Å². The first-order valence-electron chi connectivity index (χ1n) is 7.27. The van der Waals surface area contributed by atoms with Crippen molar-refractivity contribution in [3.8, 4) is 0 Å². The van der Waals surface area contributed by atoms with Gasteiger partial charge in [-0.25, -0.2) is 0 Å². The van der Waals surface area contributed by atoms with E-state index in [4.69, 9.17) is 10.9 Å². The lowest BCUT2D eigenvalue weighted by molar-refractivity contribution is 0.318. The molecule has 0 radical (unpaired) electrons. The Morgan fingerprint density at radius 1 is 1.45 bits per heavy atom. The Morgan fingerprint density at radius 3 is 2.70 bits per heavy atom. The maximum absolute atomic E-state index is 8.96. The molecule has 0 bridgehead atoms. The largest absolute Gasteiger partial charge is 0.409 e. The minimum Gasteiger partial charge on any atom is -0.409 e. The maximum Gasteiger partial charge on any atom is 0.175 e. The molecule has 6 nitrogen and oxygen atoms in total. The molecule has 1 aliphatic rings. The summed E-state index contributed by atoms with van der Waals surface area (Å²) in [6.07, 6.45) is 6.60. The zero-order valence-corrected chi connectivity index (χ0v) is 12.6. The van der Waals surface area contributed by atoms with E-state index in [0.717, 1.165) is 29.5 Å². The van der Waals surface area contributed by atoms with Gasteiger partial charge in [0.25, 0.3) is 0 Å². The molecule has 0 saturated heterocycles. The zero-order chi connectivity index (χ0) is 14.7. The van der Waals surface area contributed by atoms with Crippen molar-refractivity contribution >= 4 is 11.7 Å². The highest BCUT2D eigenvalue weighted by Gasteiger charge is 2.23. The summed E-state index contributed by atoms with van der Waals surface area (Å²) in [5, 5.41) is 16.5. The second-order valence-corrected chi connectivity index (χ2v) is 5.78. The van der Waals surface area contributed by atoms with E-state index in [1.165, 1.54) is 32.1 Å². The standard InChI is InChI=1S/C14H25N5O/c1-10-12(13(15)17-20)14(19(3)16-10)18(2)9-11-7-5-4-6-8-11/h11,20H,4-9H2,1-3H3,(H2,15,17). The minimum atomic E-state index is 0.126. The SMILES string of the molecule is Cc1nn(C)c(N(C)CC2CCCCC2)c1C(N)=NO. The number of anilines is 1. The number of rotatable bonds is 4. The highest BCUT2D eigenvalue weighted by atomic mass is 16.4. The summed E-state index contributed by atoms with van der Waals surface area (Å²) in [7, 11) is 3.95. The third-order valence-electron chi connectivity index (χ3n) is 4.17. The molecular formula is C14H25N5O. The van der Waals surface area contributed by atoms with E-state index in [9.17, 15) is 0 Å². The number of oxime groups is 1. The fourth-order valence-corrected chi connectivity index (χ4v) is 3.28. The van der Waals surface area contributed by atoms with Crippen LogP contribution in [-0.4, -0.2) is 34.4 Å². The summed E-state index contributed by atoms with van der Waals surface area (Å²) in [5.74, 6) is 1.77. The Hall–Kier alpha value is -1.72. The van der Waals surface area contributed by atoms with Crippen molar-refractivity contribution in [2.45, 2.75) is 39.0 Å². The lowest BCUT2D eigenvalue weighted by atomic mass is 9.89. The van der Waals surface area contributed by atoms with Gasteiger partial charge in [-0.05, 0) is 25.7 Å². The molecule has 1 aliphatic carbocycles. The van der Waals surface area contributed by atoms with Crippen LogP contribution >= 0.6 is 0 Å². The van der Waals surface area contributed by atoms with Gasteiger partial charge in [0.2, 0.25) is 0 Å². The lowest BCUT2D eigenvalue weighted by Crippen LogP contribution is -2.30. The minimum absolute atomic E-state index is 0.126. The molecular weight excluding hydrogens is 254 g/mol. The van der Waals surface area contributed by atoms with Gasteiger partial charge in [-0.3, -0.25) is 4.68 Å². The number of nitrogens with two attached hydrogens (primary N) is 1. The predicted molar refractivity (Wildman–Crippen MR) is 80.3 cm³/mol. The molecule has 2 rings (SSSR count). The maximum atomic E-state index is 8.96. The van der Waals surface area contributed by atoms with E-state index >= 15 is 0 Å². The number of nitrogens with zero attached hydrogens (tertiary/aromatic N) is 4. The van der Waals surface area contributed by atoms with Crippen LogP contribution in [0.1, 0.15) is 43.4 Å². The van der Waals surface area contributed by atoms with Crippen LogP contribution in [0.15, 0.2) is 5.16 Å². The summed E-state index contributed by atoms with van der Waals surface area (Å²) in [4.78, 5) is 2.18. The van der Waals surface area contributed by atoms with Gasteiger partial charge in [0, 0.05) is 20.6 Å². The monoisotopic (exact) mass is 279 g/mol. The lowest BCUT2D eigenvalue weighted by Gasteiger charge is -2.28. The normalized spacial score (nSPS) is 17.4. The zero-order valence-electron chi connectivity index (χ0n) is 12.6. The van der Waals surface area contributed by atoms with E-state index in [1.807, 2.05) is 18.7 Å². The molecule has 112 valence electrons. The summed E-state index contributed by atoms with van der Waals surface area (Å²) in [6, 6.07) is 0. The van der Waals surface area contributed by atoms with Gasteiger partial charge in [0.1, 0.15) is 5.82 Å². The number of aromatic nitrogens is 2. The third-order valence-corrected chi connectivity index (χ3v) is 4.17. The van der Waals surface area contributed by atoms with Gasteiger partial charge in [-0.1, -0.05) is 24.4 Å². The second kappa shape index (κ2) is 6.15. The van der Waals surface area contributed by atoms with Crippen LogP contribution in [0.4, 0.5) is 5.82 Å². The first-order chi connectivity index (χ1) is 9.54. The van der Waals surface area contributed by atoms with Crippen molar-refractivity contribution in [2.75, 3.05) is 18.5 Å². The molecule has 0 atom stereocenters. The Morgan fingerprint density at radius 2 is 2.10 bits per heavy atom. The van der Waals surface area contributed by atoms with Gasteiger partial charge >= 0.3 is 0 Å². The van der Waals surface area contributed by atoms with Crippen molar-refractivity contribution in [1.82, 2.24) is 9.78 Å². The van der Waals surface area contributed by atoms with Crippen molar-refractivity contribution in [3.05, 3.63) is 11.3 Å². The molecule has 0 aromatic carbocycles. The van der Waals surface area contributed by atoms with Crippen LogP contribution < -0.4 is 10.6 Å².